The summed E-state index contributed by atoms with van der Waals surface area (Å²) in [6, 6.07) is 20.4. The molecule has 0 saturated carbocycles. The maximum absolute atomic E-state index is 11.0. The third-order valence-electron chi connectivity index (χ3n) is 3.48. The molecule has 0 N–H and O–H groups in total. The van der Waals surface area contributed by atoms with E-state index in [1.807, 2.05) is 30.3 Å². The van der Waals surface area contributed by atoms with E-state index in [0.29, 0.717) is 5.56 Å². The van der Waals surface area contributed by atoms with Gasteiger partial charge >= 0.3 is 0 Å². The van der Waals surface area contributed by atoms with E-state index in [0.717, 1.165) is 11.8 Å². The molecule has 0 aliphatic rings. The van der Waals surface area contributed by atoms with Gasteiger partial charge in [-0.1, -0.05) is 54.6 Å². The van der Waals surface area contributed by atoms with Crippen LogP contribution in [0.3, 0.4) is 0 Å². The van der Waals surface area contributed by atoms with Crippen LogP contribution in [-0.4, -0.2) is 6.29 Å². The Morgan fingerprint density at radius 1 is 0.842 bits per heavy atom. The Kier molecular flexibility index (Phi) is 2.88. The molecular weight excluding hydrogens is 232 g/mol. The number of carbonyl (C=O) groups is 1. The quantitative estimate of drug-likeness (QED) is 0.602. The van der Waals surface area contributed by atoms with E-state index in [-0.39, 0.29) is 0 Å². The van der Waals surface area contributed by atoms with Gasteiger partial charge in [0.1, 0.15) is 6.29 Å². The van der Waals surface area contributed by atoms with Gasteiger partial charge < -0.3 is 0 Å². The fourth-order valence-electron chi connectivity index (χ4n) is 2.46. The molecule has 3 aromatic carbocycles. The number of aldehydes is 1. The second-order valence-corrected chi connectivity index (χ2v) is 4.72. The summed E-state index contributed by atoms with van der Waals surface area (Å²) < 4.78 is 0. The molecule has 0 atom stereocenters. The van der Waals surface area contributed by atoms with E-state index >= 15 is 0 Å². The predicted octanol–water partition coefficient (Wildman–Crippen LogP) is 4.63. The molecule has 0 radical (unpaired) electrons. The van der Waals surface area contributed by atoms with Gasteiger partial charge in [-0.3, -0.25) is 4.79 Å². The molecule has 0 unspecified atom stereocenters. The SMILES string of the molecule is Cc1ccc(C=O)cc1-c1cccc2ccccc12. The maximum Gasteiger partial charge on any atom is 0.150 e. The lowest BCUT2D eigenvalue weighted by Gasteiger charge is -2.10. The van der Waals surface area contributed by atoms with Crippen molar-refractivity contribution in [1.82, 2.24) is 0 Å². The van der Waals surface area contributed by atoms with Crippen molar-refractivity contribution >= 4 is 17.1 Å². The first-order valence-electron chi connectivity index (χ1n) is 6.33. The van der Waals surface area contributed by atoms with Crippen molar-refractivity contribution in [2.75, 3.05) is 0 Å². The number of rotatable bonds is 2. The lowest BCUT2D eigenvalue weighted by atomic mass is 9.94. The Hall–Kier alpha value is -2.41. The Morgan fingerprint density at radius 3 is 2.47 bits per heavy atom. The Labute approximate surface area is 112 Å². The zero-order valence-electron chi connectivity index (χ0n) is 10.8. The van der Waals surface area contributed by atoms with Crippen LogP contribution >= 0.6 is 0 Å². The summed E-state index contributed by atoms with van der Waals surface area (Å²) in [5, 5.41) is 2.44. The molecule has 0 bridgehead atoms. The summed E-state index contributed by atoms with van der Waals surface area (Å²) in [5.74, 6) is 0. The van der Waals surface area contributed by atoms with Crippen molar-refractivity contribution in [3.63, 3.8) is 0 Å². The second-order valence-electron chi connectivity index (χ2n) is 4.72. The fourth-order valence-corrected chi connectivity index (χ4v) is 2.46. The highest BCUT2D eigenvalue weighted by atomic mass is 16.1. The summed E-state index contributed by atoms with van der Waals surface area (Å²) in [4.78, 5) is 11.0. The normalized spacial score (nSPS) is 10.6. The molecule has 0 amide bonds. The molecule has 0 aliphatic carbocycles. The molecular formula is C18H14O. The van der Waals surface area contributed by atoms with E-state index in [9.17, 15) is 4.79 Å². The van der Waals surface area contributed by atoms with Crippen molar-refractivity contribution in [2.24, 2.45) is 0 Å². The van der Waals surface area contributed by atoms with Crippen LogP contribution in [0, 0.1) is 6.92 Å². The van der Waals surface area contributed by atoms with Crippen LogP contribution < -0.4 is 0 Å². The molecule has 3 aromatic rings. The van der Waals surface area contributed by atoms with E-state index in [4.69, 9.17) is 0 Å². The van der Waals surface area contributed by atoms with Crippen molar-refractivity contribution in [2.45, 2.75) is 6.92 Å². The molecule has 92 valence electrons. The third-order valence-corrected chi connectivity index (χ3v) is 3.48. The smallest absolute Gasteiger partial charge is 0.150 e. The monoisotopic (exact) mass is 246 g/mol. The summed E-state index contributed by atoms with van der Waals surface area (Å²) in [5.41, 5.74) is 4.20. The van der Waals surface area contributed by atoms with Crippen molar-refractivity contribution in [3.05, 3.63) is 71.8 Å². The lowest BCUT2D eigenvalue weighted by Crippen LogP contribution is -1.88. The molecule has 1 nitrogen and oxygen atoms in total. The maximum atomic E-state index is 11.0. The van der Waals surface area contributed by atoms with Gasteiger partial charge in [0, 0.05) is 5.56 Å². The zero-order valence-corrected chi connectivity index (χ0v) is 10.8. The van der Waals surface area contributed by atoms with E-state index in [2.05, 4.69) is 37.3 Å². The van der Waals surface area contributed by atoms with Gasteiger partial charge in [0.2, 0.25) is 0 Å². The van der Waals surface area contributed by atoms with E-state index in [1.165, 1.54) is 21.9 Å². The summed E-state index contributed by atoms with van der Waals surface area (Å²) >= 11 is 0. The van der Waals surface area contributed by atoms with Crippen molar-refractivity contribution in [3.8, 4) is 11.1 Å². The topological polar surface area (TPSA) is 17.1 Å². The fraction of sp³-hybridized carbons (Fsp3) is 0.0556. The molecule has 0 fully saturated rings. The van der Waals surface area contributed by atoms with Crippen molar-refractivity contribution in [1.29, 1.82) is 0 Å². The van der Waals surface area contributed by atoms with Crippen molar-refractivity contribution < 1.29 is 4.79 Å². The van der Waals surface area contributed by atoms with E-state index < -0.39 is 0 Å². The number of carbonyl (C=O) groups excluding carboxylic acids is 1. The van der Waals surface area contributed by atoms with Gasteiger partial charge in [-0.2, -0.15) is 0 Å². The van der Waals surface area contributed by atoms with Crippen LogP contribution in [-0.2, 0) is 0 Å². The van der Waals surface area contributed by atoms with Gasteiger partial charge in [-0.05, 0) is 40.5 Å². The highest BCUT2D eigenvalue weighted by molar-refractivity contribution is 5.98. The van der Waals surface area contributed by atoms with Crippen LogP contribution in [0.2, 0.25) is 0 Å². The summed E-state index contributed by atoms with van der Waals surface area (Å²) in [6.45, 7) is 2.08. The molecule has 3 rings (SSSR count). The van der Waals surface area contributed by atoms with Gasteiger partial charge in [-0.15, -0.1) is 0 Å². The molecule has 0 heterocycles. The minimum Gasteiger partial charge on any atom is -0.298 e. The van der Waals surface area contributed by atoms with E-state index in [1.54, 1.807) is 0 Å². The van der Waals surface area contributed by atoms with Crippen LogP contribution in [0.4, 0.5) is 0 Å². The third kappa shape index (κ3) is 2.04. The van der Waals surface area contributed by atoms with Crippen LogP contribution in [0.15, 0.2) is 60.7 Å². The Morgan fingerprint density at radius 2 is 1.63 bits per heavy atom. The van der Waals surface area contributed by atoms with Gasteiger partial charge in [0.15, 0.2) is 0 Å². The summed E-state index contributed by atoms with van der Waals surface area (Å²) in [6.07, 6.45) is 0.897. The molecule has 0 saturated heterocycles. The average Bonchev–Trinajstić information content (AvgIpc) is 2.47. The Bertz CT molecular complexity index is 751. The van der Waals surface area contributed by atoms with Crippen LogP contribution in [0.5, 0.6) is 0 Å². The summed E-state index contributed by atoms with van der Waals surface area (Å²) in [7, 11) is 0. The molecule has 19 heavy (non-hydrogen) atoms. The van der Waals surface area contributed by atoms with Crippen LogP contribution in [0.1, 0.15) is 15.9 Å². The first-order valence-corrected chi connectivity index (χ1v) is 6.33. The Balaban J connectivity index is 2.33. The predicted molar refractivity (Wildman–Crippen MR) is 79.5 cm³/mol. The average molecular weight is 246 g/mol. The second kappa shape index (κ2) is 4.69. The molecule has 1 heteroatoms. The number of hydrogen-bond donors (Lipinski definition) is 0. The zero-order chi connectivity index (χ0) is 13.2. The van der Waals surface area contributed by atoms with Gasteiger partial charge in [0.05, 0.1) is 0 Å². The molecule has 0 spiro atoms. The largest absolute Gasteiger partial charge is 0.298 e. The number of hydrogen-bond acceptors (Lipinski definition) is 1. The highest BCUT2D eigenvalue weighted by Crippen LogP contribution is 2.31. The first kappa shape index (κ1) is 11.7. The van der Waals surface area contributed by atoms with Crippen LogP contribution in [0.25, 0.3) is 21.9 Å². The number of benzene rings is 3. The lowest BCUT2D eigenvalue weighted by molar-refractivity contribution is 0.112. The molecule has 0 aromatic heterocycles. The minimum atomic E-state index is 0.716. The molecule has 0 aliphatic heterocycles. The first-order chi connectivity index (χ1) is 9.29. The number of aryl methyl sites for hydroxylation is 1. The highest BCUT2D eigenvalue weighted by Gasteiger charge is 2.06. The number of fused-ring (bicyclic) bond motifs is 1. The van der Waals surface area contributed by atoms with Gasteiger partial charge in [0.25, 0.3) is 0 Å². The van der Waals surface area contributed by atoms with Gasteiger partial charge in [-0.25, -0.2) is 0 Å². The minimum absolute atomic E-state index is 0.716. The standard InChI is InChI=1S/C18H14O/c1-13-9-10-14(12-19)11-18(13)17-8-4-6-15-5-2-3-7-16(15)17/h2-12H,1H3.